The summed E-state index contributed by atoms with van der Waals surface area (Å²) in [4.78, 5) is 48.7. The molecule has 3 heterocycles. The molecule has 0 N–H and O–H groups in total. The molecular formula is C28H29FN4O5. The van der Waals surface area contributed by atoms with Crippen LogP contribution in [-0.2, 0) is 16.0 Å². The molecule has 9 nitrogen and oxygen atoms in total. The first kappa shape index (κ1) is 26.9. The number of benzene rings is 1. The van der Waals surface area contributed by atoms with Gasteiger partial charge in [-0.25, -0.2) is 14.2 Å². The summed E-state index contributed by atoms with van der Waals surface area (Å²) >= 11 is 0. The summed E-state index contributed by atoms with van der Waals surface area (Å²) < 4.78 is 27.7. The number of aryl methyl sites for hydroxylation is 2. The third-order valence-electron chi connectivity index (χ3n) is 5.86. The normalized spacial score (nSPS) is 12.0. The van der Waals surface area contributed by atoms with E-state index in [1.54, 1.807) is 23.8 Å². The van der Waals surface area contributed by atoms with Gasteiger partial charge in [0.1, 0.15) is 22.7 Å². The first-order valence-corrected chi connectivity index (χ1v) is 12.4. The van der Waals surface area contributed by atoms with Gasteiger partial charge >= 0.3 is 5.97 Å². The number of esters is 1. The number of aromatic nitrogens is 3. The molecule has 0 saturated heterocycles. The molecule has 0 spiro atoms. The van der Waals surface area contributed by atoms with Gasteiger partial charge in [0.15, 0.2) is 5.49 Å². The molecule has 0 saturated carbocycles. The second-order valence-corrected chi connectivity index (χ2v) is 8.99. The zero-order chi connectivity index (χ0) is 27.4. The SMILES string of the molecule is CCOC(=O)c1cc2c(=O)n3cccc(C)c3nc2n(CCCOC(C)C)c1=NC(=O)c1cccc(F)c1. The van der Waals surface area contributed by atoms with Crippen molar-refractivity contribution in [3.8, 4) is 0 Å². The Hall–Kier alpha value is -4.18. The van der Waals surface area contributed by atoms with Crippen LogP contribution in [0.1, 0.15) is 53.5 Å². The summed E-state index contributed by atoms with van der Waals surface area (Å²) in [5.74, 6) is -2.10. The summed E-state index contributed by atoms with van der Waals surface area (Å²) in [5, 5.41) is 0.165. The summed E-state index contributed by atoms with van der Waals surface area (Å²) in [6.45, 7) is 8.01. The Bertz CT molecular complexity index is 1660. The molecule has 3 aromatic heterocycles. The molecular weight excluding hydrogens is 491 g/mol. The average Bonchev–Trinajstić information content (AvgIpc) is 2.88. The Kier molecular flexibility index (Phi) is 8.11. The molecule has 0 atom stereocenters. The highest BCUT2D eigenvalue weighted by Gasteiger charge is 2.21. The lowest BCUT2D eigenvalue weighted by molar-refractivity contribution is 0.0523. The van der Waals surface area contributed by atoms with Gasteiger partial charge in [-0.05, 0) is 70.0 Å². The van der Waals surface area contributed by atoms with E-state index in [4.69, 9.17) is 14.5 Å². The standard InChI is InChI=1S/C28H29FN4O5/c1-5-37-28(36)22-16-21-24(30-23-18(4)9-7-12-33(23)27(21)35)32(13-8-14-38-17(2)3)25(22)31-26(34)19-10-6-11-20(29)15-19/h6-7,9-12,15-17H,5,8,13-14H2,1-4H3. The van der Waals surface area contributed by atoms with Crippen LogP contribution in [0, 0.1) is 12.7 Å². The first-order valence-electron chi connectivity index (χ1n) is 12.4. The fraction of sp³-hybridized carbons (Fsp3) is 0.321. The molecule has 0 radical (unpaired) electrons. The van der Waals surface area contributed by atoms with E-state index in [1.807, 2.05) is 26.8 Å². The molecule has 38 heavy (non-hydrogen) atoms. The average molecular weight is 521 g/mol. The highest BCUT2D eigenvalue weighted by Crippen LogP contribution is 2.15. The van der Waals surface area contributed by atoms with Crippen LogP contribution in [0.25, 0.3) is 16.7 Å². The van der Waals surface area contributed by atoms with Crippen molar-refractivity contribution in [2.24, 2.45) is 4.99 Å². The molecule has 1 aromatic carbocycles. The van der Waals surface area contributed by atoms with Crippen molar-refractivity contribution in [3.05, 3.63) is 87.0 Å². The highest BCUT2D eigenvalue weighted by atomic mass is 19.1. The second kappa shape index (κ2) is 11.5. The van der Waals surface area contributed by atoms with E-state index >= 15 is 0 Å². The van der Waals surface area contributed by atoms with Crippen LogP contribution >= 0.6 is 0 Å². The largest absolute Gasteiger partial charge is 0.462 e. The van der Waals surface area contributed by atoms with Crippen LogP contribution < -0.4 is 11.0 Å². The number of nitrogens with zero attached hydrogens (tertiary/aromatic N) is 4. The smallest absolute Gasteiger partial charge is 0.341 e. The van der Waals surface area contributed by atoms with E-state index in [2.05, 4.69) is 4.99 Å². The number of carbonyl (C=O) groups excluding carboxylic acids is 2. The maximum atomic E-state index is 13.8. The minimum absolute atomic E-state index is 0.00989. The van der Waals surface area contributed by atoms with Gasteiger partial charge in [0.25, 0.3) is 11.5 Å². The van der Waals surface area contributed by atoms with E-state index in [1.165, 1.54) is 28.7 Å². The van der Waals surface area contributed by atoms with Crippen molar-refractivity contribution in [2.75, 3.05) is 13.2 Å². The quantitative estimate of drug-likeness (QED) is 0.199. The van der Waals surface area contributed by atoms with Gasteiger partial charge in [0.2, 0.25) is 0 Å². The van der Waals surface area contributed by atoms with Crippen LogP contribution in [0.2, 0.25) is 0 Å². The summed E-state index contributed by atoms with van der Waals surface area (Å²) in [7, 11) is 0. The van der Waals surface area contributed by atoms with Gasteiger partial charge in [-0.1, -0.05) is 12.1 Å². The van der Waals surface area contributed by atoms with Gasteiger partial charge in [0, 0.05) is 24.9 Å². The Morgan fingerprint density at radius 2 is 1.92 bits per heavy atom. The molecule has 10 heteroatoms. The van der Waals surface area contributed by atoms with Crippen LogP contribution in [0.4, 0.5) is 4.39 Å². The minimum atomic E-state index is -0.754. The third kappa shape index (κ3) is 5.55. The Balaban J connectivity index is 2.06. The predicted octanol–water partition coefficient (Wildman–Crippen LogP) is 3.83. The predicted molar refractivity (Wildman–Crippen MR) is 140 cm³/mol. The van der Waals surface area contributed by atoms with Gasteiger partial charge in [0.05, 0.1) is 18.1 Å². The molecule has 0 fully saturated rings. The fourth-order valence-corrected chi connectivity index (χ4v) is 4.10. The van der Waals surface area contributed by atoms with Crippen molar-refractivity contribution < 1.29 is 23.5 Å². The topological polar surface area (TPSA) is 104 Å². The second-order valence-electron chi connectivity index (χ2n) is 8.99. The Morgan fingerprint density at radius 3 is 2.63 bits per heavy atom. The van der Waals surface area contributed by atoms with E-state index in [0.717, 1.165) is 11.6 Å². The van der Waals surface area contributed by atoms with E-state index in [0.29, 0.717) is 18.7 Å². The molecule has 4 aromatic rings. The van der Waals surface area contributed by atoms with Gasteiger partial charge < -0.3 is 14.0 Å². The van der Waals surface area contributed by atoms with Crippen LogP contribution in [0.3, 0.4) is 0 Å². The highest BCUT2D eigenvalue weighted by molar-refractivity contribution is 5.97. The number of ether oxygens (including phenoxy) is 2. The van der Waals surface area contributed by atoms with Crippen LogP contribution in [0.5, 0.6) is 0 Å². The number of fused-ring (bicyclic) bond motifs is 2. The van der Waals surface area contributed by atoms with E-state index in [-0.39, 0.29) is 52.5 Å². The molecule has 0 bridgehead atoms. The molecule has 0 unspecified atom stereocenters. The molecule has 0 aliphatic rings. The van der Waals surface area contributed by atoms with Gasteiger partial charge in [-0.15, -0.1) is 0 Å². The molecule has 1 amide bonds. The first-order chi connectivity index (χ1) is 18.2. The summed E-state index contributed by atoms with van der Waals surface area (Å²) in [6, 6.07) is 10.1. The van der Waals surface area contributed by atoms with E-state index in [9.17, 15) is 18.8 Å². The van der Waals surface area contributed by atoms with Crippen molar-refractivity contribution in [1.29, 1.82) is 0 Å². The number of hydrogen-bond acceptors (Lipinski definition) is 6. The zero-order valence-electron chi connectivity index (χ0n) is 21.7. The summed E-state index contributed by atoms with van der Waals surface area (Å²) in [6.07, 6.45) is 2.10. The minimum Gasteiger partial charge on any atom is -0.462 e. The maximum Gasteiger partial charge on any atom is 0.341 e. The lowest BCUT2D eigenvalue weighted by Crippen LogP contribution is -2.33. The number of carbonyl (C=O) groups is 2. The van der Waals surface area contributed by atoms with Gasteiger partial charge in [-0.2, -0.15) is 4.99 Å². The maximum absolute atomic E-state index is 13.8. The Labute approximate surface area is 218 Å². The lowest BCUT2D eigenvalue weighted by atomic mass is 10.2. The molecule has 4 rings (SSSR count). The van der Waals surface area contributed by atoms with Crippen molar-refractivity contribution in [3.63, 3.8) is 0 Å². The van der Waals surface area contributed by atoms with Crippen LogP contribution in [0.15, 0.2) is 58.4 Å². The van der Waals surface area contributed by atoms with Gasteiger partial charge in [-0.3, -0.25) is 14.0 Å². The number of pyridine rings is 2. The third-order valence-corrected chi connectivity index (χ3v) is 5.86. The van der Waals surface area contributed by atoms with E-state index < -0.39 is 17.7 Å². The monoisotopic (exact) mass is 520 g/mol. The molecule has 198 valence electrons. The van der Waals surface area contributed by atoms with Crippen molar-refractivity contribution in [1.82, 2.24) is 14.0 Å². The zero-order valence-corrected chi connectivity index (χ0v) is 21.7. The summed E-state index contributed by atoms with van der Waals surface area (Å²) in [5.41, 5.74) is 0.993. The molecule has 0 aliphatic heterocycles. The number of amides is 1. The lowest BCUT2D eigenvalue weighted by Gasteiger charge is -2.16. The fourth-order valence-electron chi connectivity index (χ4n) is 4.10. The number of rotatable bonds is 8. The number of hydrogen-bond donors (Lipinski definition) is 0. The molecule has 0 aliphatic carbocycles. The van der Waals surface area contributed by atoms with Crippen LogP contribution in [-0.4, -0.2) is 45.1 Å². The van der Waals surface area contributed by atoms with Crippen molar-refractivity contribution in [2.45, 2.75) is 46.8 Å². The van der Waals surface area contributed by atoms with Crippen molar-refractivity contribution >= 4 is 28.6 Å². The Morgan fingerprint density at radius 1 is 1.13 bits per heavy atom. The number of halogens is 1.